The zero-order valence-electron chi connectivity index (χ0n) is 15.1. The number of benzene rings is 2. The van der Waals surface area contributed by atoms with E-state index in [1.165, 1.54) is 7.11 Å². The molecule has 0 heterocycles. The van der Waals surface area contributed by atoms with Crippen LogP contribution in [0.25, 0.3) is 0 Å². The molecule has 134 valence electrons. The van der Waals surface area contributed by atoms with Crippen LogP contribution in [0, 0.1) is 20.8 Å². The number of aryl methyl sites for hydroxylation is 3. The third-order valence-electron chi connectivity index (χ3n) is 3.92. The number of nitrogens with one attached hydrogen (secondary N) is 1. The molecule has 2 rings (SSSR count). The summed E-state index contributed by atoms with van der Waals surface area (Å²) < 4.78 is 11.6. The summed E-state index contributed by atoms with van der Waals surface area (Å²) in [4.78, 5) is 12.0. The highest BCUT2D eigenvalue weighted by atomic mass is 79.9. The van der Waals surface area contributed by atoms with Gasteiger partial charge in [0.05, 0.1) is 25.0 Å². The second-order valence-electron chi connectivity index (χ2n) is 6.01. The standard InChI is InChI=1S/C20H24BrNO3/c1-13-11-16(20(23)24-4)18(17(21)12-13)22-9-6-10-25-19-14(2)7-5-8-15(19)3/h5,7-8,11-12,22H,6,9-10H2,1-4H3. The molecule has 0 atom stereocenters. The first kappa shape index (κ1) is 19.3. The normalized spacial score (nSPS) is 10.4. The van der Waals surface area contributed by atoms with Gasteiger partial charge in [0.15, 0.2) is 0 Å². The van der Waals surface area contributed by atoms with Crippen molar-refractivity contribution in [2.75, 3.05) is 25.6 Å². The lowest BCUT2D eigenvalue weighted by atomic mass is 10.1. The Morgan fingerprint density at radius 1 is 1.16 bits per heavy atom. The quantitative estimate of drug-likeness (QED) is 0.517. The van der Waals surface area contributed by atoms with E-state index in [0.717, 1.165) is 39.0 Å². The Kier molecular flexibility index (Phi) is 6.88. The highest BCUT2D eigenvalue weighted by Gasteiger charge is 2.15. The van der Waals surface area contributed by atoms with Crippen molar-refractivity contribution in [1.29, 1.82) is 0 Å². The first-order chi connectivity index (χ1) is 11.9. The van der Waals surface area contributed by atoms with Gasteiger partial charge in [-0.05, 0) is 71.9 Å². The summed E-state index contributed by atoms with van der Waals surface area (Å²) in [5, 5.41) is 3.31. The van der Waals surface area contributed by atoms with Crippen LogP contribution in [0.3, 0.4) is 0 Å². The largest absolute Gasteiger partial charge is 0.493 e. The summed E-state index contributed by atoms with van der Waals surface area (Å²) in [6.07, 6.45) is 0.814. The number of hydrogen-bond acceptors (Lipinski definition) is 4. The van der Waals surface area contributed by atoms with Gasteiger partial charge in [0, 0.05) is 11.0 Å². The van der Waals surface area contributed by atoms with Crippen LogP contribution in [0.1, 0.15) is 33.5 Å². The number of carbonyl (C=O) groups is 1. The first-order valence-electron chi connectivity index (χ1n) is 8.25. The van der Waals surface area contributed by atoms with E-state index in [0.29, 0.717) is 18.7 Å². The topological polar surface area (TPSA) is 47.6 Å². The monoisotopic (exact) mass is 405 g/mol. The van der Waals surface area contributed by atoms with Crippen LogP contribution >= 0.6 is 15.9 Å². The van der Waals surface area contributed by atoms with Gasteiger partial charge in [-0.15, -0.1) is 0 Å². The Hall–Kier alpha value is -2.01. The molecule has 0 aliphatic heterocycles. The highest BCUT2D eigenvalue weighted by molar-refractivity contribution is 9.10. The number of anilines is 1. The maximum absolute atomic E-state index is 12.0. The van der Waals surface area contributed by atoms with Crippen molar-refractivity contribution in [3.63, 3.8) is 0 Å². The van der Waals surface area contributed by atoms with Crippen LogP contribution in [0.15, 0.2) is 34.8 Å². The Morgan fingerprint density at radius 2 is 1.84 bits per heavy atom. The molecule has 0 saturated carbocycles. The Morgan fingerprint density at radius 3 is 2.48 bits per heavy atom. The highest BCUT2D eigenvalue weighted by Crippen LogP contribution is 2.29. The molecule has 4 nitrogen and oxygen atoms in total. The predicted octanol–water partition coefficient (Wildman–Crippen LogP) is 5.04. The summed E-state index contributed by atoms with van der Waals surface area (Å²) >= 11 is 3.52. The van der Waals surface area contributed by atoms with Gasteiger partial charge >= 0.3 is 5.97 Å². The number of carbonyl (C=O) groups excluding carboxylic acids is 1. The van der Waals surface area contributed by atoms with Gasteiger partial charge in [-0.25, -0.2) is 4.79 Å². The average Bonchev–Trinajstić information content (AvgIpc) is 2.57. The predicted molar refractivity (Wildman–Crippen MR) is 105 cm³/mol. The zero-order chi connectivity index (χ0) is 18.4. The molecule has 0 aliphatic rings. The Balaban J connectivity index is 1.95. The molecule has 0 amide bonds. The van der Waals surface area contributed by atoms with Gasteiger partial charge in [0.1, 0.15) is 5.75 Å². The maximum atomic E-state index is 12.0. The van der Waals surface area contributed by atoms with E-state index in [1.807, 2.05) is 51.1 Å². The lowest BCUT2D eigenvalue weighted by molar-refractivity contribution is 0.0601. The van der Waals surface area contributed by atoms with Crippen LogP contribution in [-0.4, -0.2) is 26.2 Å². The van der Waals surface area contributed by atoms with E-state index in [9.17, 15) is 4.79 Å². The summed E-state index contributed by atoms with van der Waals surface area (Å²) in [6, 6.07) is 9.93. The fraction of sp³-hybridized carbons (Fsp3) is 0.350. The maximum Gasteiger partial charge on any atom is 0.340 e. The zero-order valence-corrected chi connectivity index (χ0v) is 16.7. The lowest BCUT2D eigenvalue weighted by Gasteiger charge is -2.15. The second kappa shape index (κ2) is 8.90. The van der Waals surface area contributed by atoms with E-state index >= 15 is 0 Å². The molecule has 5 heteroatoms. The third-order valence-corrected chi connectivity index (χ3v) is 4.54. The molecule has 0 aliphatic carbocycles. The van der Waals surface area contributed by atoms with E-state index in [4.69, 9.17) is 9.47 Å². The summed E-state index contributed by atoms with van der Waals surface area (Å²) in [5.74, 6) is 0.605. The number of esters is 1. The van der Waals surface area contributed by atoms with Crippen LogP contribution < -0.4 is 10.1 Å². The molecule has 0 bridgehead atoms. The summed E-state index contributed by atoms with van der Waals surface area (Å²) in [6.45, 7) is 7.34. The lowest BCUT2D eigenvalue weighted by Crippen LogP contribution is -2.13. The molecule has 0 spiro atoms. The molecule has 0 saturated heterocycles. The second-order valence-corrected chi connectivity index (χ2v) is 6.86. The fourth-order valence-electron chi connectivity index (χ4n) is 2.68. The molecule has 0 radical (unpaired) electrons. The van der Waals surface area contributed by atoms with E-state index in [-0.39, 0.29) is 5.97 Å². The van der Waals surface area contributed by atoms with Crippen molar-refractivity contribution in [2.24, 2.45) is 0 Å². The molecular formula is C20H24BrNO3. The molecule has 25 heavy (non-hydrogen) atoms. The van der Waals surface area contributed by atoms with E-state index in [2.05, 4.69) is 21.2 Å². The number of ether oxygens (including phenoxy) is 2. The first-order valence-corrected chi connectivity index (χ1v) is 9.04. The fourth-order valence-corrected chi connectivity index (χ4v) is 3.39. The minimum Gasteiger partial charge on any atom is -0.493 e. The molecular weight excluding hydrogens is 382 g/mol. The summed E-state index contributed by atoms with van der Waals surface area (Å²) in [5.41, 5.74) is 4.56. The van der Waals surface area contributed by atoms with Crippen LogP contribution in [-0.2, 0) is 4.74 Å². The van der Waals surface area contributed by atoms with Crippen molar-refractivity contribution in [3.8, 4) is 5.75 Å². The van der Waals surface area contributed by atoms with Gasteiger partial charge in [-0.2, -0.15) is 0 Å². The Bertz CT molecular complexity index is 739. The van der Waals surface area contributed by atoms with Gasteiger partial charge in [-0.3, -0.25) is 0 Å². The van der Waals surface area contributed by atoms with Crippen molar-refractivity contribution < 1.29 is 14.3 Å². The molecule has 1 N–H and O–H groups in total. The van der Waals surface area contributed by atoms with E-state index in [1.54, 1.807) is 0 Å². The molecule has 2 aromatic rings. The Labute approximate surface area is 157 Å². The van der Waals surface area contributed by atoms with Crippen molar-refractivity contribution in [3.05, 3.63) is 57.1 Å². The van der Waals surface area contributed by atoms with Gasteiger partial charge in [-0.1, -0.05) is 18.2 Å². The number of halogens is 1. The van der Waals surface area contributed by atoms with Crippen molar-refractivity contribution in [2.45, 2.75) is 27.2 Å². The van der Waals surface area contributed by atoms with Gasteiger partial charge in [0.2, 0.25) is 0 Å². The minimum atomic E-state index is -0.348. The minimum absolute atomic E-state index is 0.348. The molecule has 0 fully saturated rings. The average molecular weight is 406 g/mol. The third kappa shape index (κ3) is 4.98. The number of hydrogen-bond donors (Lipinski definition) is 1. The number of methoxy groups -OCH3 is 1. The van der Waals surface area contributed by atoms with Crippen molar-refractivity contribution in [1.82, 2.24) is 0 Å². The number of rotatable bonds is 7. The molecule has 2 aromatic carbocycles. The van der Waals surface area contributed by atoms with Crippen LogP contribution in [0.5, 0.6) is 5.75 Å². The van der Waals surface area contributed by atoms with Crippen molar-refractivity contribution >= 4 is 27.6 Å². The summed E-state index contributed by atoms with van der Waals surface area (Å²) in [7, 11) is 1.39. The van der Waals surface area contributed by atoms with Gasteiger partial charge < -0.3 is 14.8 Å². The molecule has 0 aromatic heterocycles. The SMILES string of the molecule is COC(=O)c1cc(C)cc(Br)c1NCCCOc1c(C)cccc1C. The van der Waals surface area contributed by atoms with Crippen LogP contribution in [0.4, 0.5) is 5.69 Å². The van der Waals surface area contributed by atoms with Crippen LogP contribution in [0.2, 0.25) is 0 Å². The number of para-hydroxylation sites is 1. The smallest absolute Gasteiger partial charge is 0.340 e. The van der Waals surface area contributed by atoms with E-state index < -0.39 is 0 Å². The van der Waals surface area contributed by atoms with Gasteiger partial charge in [0.25, 0.3) is 0 Å². The molecule has 0 unspecified atom stereocenters.